The minimum absolute atomic E-state index is 0.104. The van der Waals surface area contributed by atoms with Gasteiger partial charge >= 0.3 is 11.7 Å². The van der Waals surface area contributed by atoms with E-state index in [1.165, 1.54) is 21.3 Å². The first-order valence-electron chi connectivity index (χ1n) is 10.1. The summed E-state index contributed by atoms with van der Waals surface area (Å²) >= 11 is 0. The molecule has 0 radical (unpaired) electrons. The number of ether oxygens (including phenoxy) is 4. The zero-order chi connectivity index (χ0) is 23.1. The van der Waals surface area contributed by atoms with Gasteiger partial charge in [0.25, 0.3) is 5.56 Å². The molecule has 2 aromatic carbocycles. The highest BCUT2D eigenvalue weighted by Crippen LogP contribution is 2.38. The minimum Gasteiger partial charge on any atom is -0.493 e. The maximum absolute atomic E-state index is 12.5. The van der Waals surface area contributed by atoms with E-state index in [-0.39, 0.29) is 31.1 Å². The maximum Gasteiger partial charge on any atom is 0.328 e. The first-order chi connectivity index (χ1) is 15.5. The number of esters is 1. The van der Waals surface area contributed by atoms with E-state index < -0.39 is 5.69 Å². The summed E-state index contributed by atoms with van der Waals surface area (Å²) in [5, 5.41) is 0.439. The van der Waals surface area contributed by atoms with E-state index in [2.05, 4.69) is 4.98 Å². The molecule has 0 spiro atoms. The zero-order valence-corrected chi connectivity index (χ0v) is 18.3. The molecule has 3 rings (SSSR count). The number of aromatic nitrogens is 2. The monoisotopic (exact) mass is 442 g/mol. The molecular weight excluding hydrogens is 416 g/mol. The number of benzene rings is 2. The topological polar surface area (TPSA) is 109 Å². The van der Waals surface area contributed by atoms with Crippen molar-refractivity contribution in [1.82, 2.24) is 9.55 Å². The lowest BCUT2D eigenvalue weighted by atomic mass is 10.1. The van der Waals surface area contributed by atoms with Gasteiger partial charge in [-0.1, -0.05) is 12.1 Å². The van der Waals surface area contributed by atoms with Gasteiger partial charge in [0.15, 0.2) is 11.5 Å². The summed E-state index contributed by atoms with van der Waals surface area (Å²) in [5.74, 6) is 1.14. The van der Waals surface area contributed by atoms with Gasteiger partial charge < -0.3 is 23.9 Å². The number of aromatic amines is 1. The van der Waals surface area contributed by atoms with Crippen molar-refractivity contribution in [2.75, 3.05) is 27.9 Å². The molecule has 0 atom stereocenters. The van der Waals surface area contributed by atoms with Crippen molar-refractivity contribution >= 4 is 16.9 Å². The van der Waals surface area contributed by atoms with Crippen LogP contribution in [-0.4, -0.2) is 43.5 Å². The number of H-pyrrole nitrogens is 1. The molecule has 0 amide bonds. The van der Waals surface area contributed by atoms with Crippen molar-refractivity contribution in [2.24, 2.45) is 0 Å². The number of carbonyl (C=O) groups is 1. The van der Waals surface area contributed by atoms with Crippen molar-refractivity contribution in [3.05, 3.63) is 62.8 Å². The predicted molar refractivity (Wildman–Crippen MR) is 119 cm³/mol. The smallest absolute Gasteiger partial charge is 0.328 e. The summed E-state index contributed by atoms with van der Waals surface area (Å²) in [6, 6.07) is 10.4. The number of rotatable bonds is 10. The third-order valence-corrected chi connectivity index (χ3v) is 5.02. The van der Waals surface area contributed by atoms with E-state index >= 15 is 0 Å². The molecule has 0 aliphatic heterocycles. The number of para-hydroxylation sites is 1. The molecule has 0 bridgehead atoms. The third kappa shape index (κ3) is 5.11. The molecule has 1 aromatic heterocycles. The molecule has 0 aliphatic rings. The van der Waals surface area contributed by atoms with Gasteiger partial charge in [0.2, 0.25) is 5.75 Å². The second kappa shape index (κ2) is 10.5. The molecule has 1 N–H and O–H groups in total. The fourth-order valence-electron chi connectivity index (χ4n) is 3.41. The Morgan fingerprint density at radius 3 is 2.34 bits per heavy atom. The van der Waals surface area contributed by atoms with Gasteiger partial charge in [0.1, 0.15) is 0 Å². The molecule has 0 saturated carbocycles. The van der Waals surface area contributed by atoms with E-state index in [9.17, 15) is 14.4 Å². The van der Waals surface area contributed by atoms with Crippen LogP contribution in [0, 0.1) is 0 Å². The normalized spacial score (nSPS) is 10.7. The van der Waals surface area contributed by atoms with Crippen LogP contribution in [-0.2, 0) is 22.5 Å². The number of nitrogens with one attached hydrogen (secondary N) is 1. The third-order valence-electron chi connectivity index (χ3n) is 5.02. The second-order valence-corrected chi connectivity index (χ2v) is 7.04. The first kappa shape index (κ1) is 22.9. The summed E-state index contributed by atoms with van der Waals surface area (Å²) in [7, 11) is 4.58. The van der Waals surface area contributed by atoms with Gasteiger partial charge in [-0.25, -0.2) is 4.79 Å². The van der Waals surface area contributed by atoms with E-state index in [1.54, 1.807) is 36.4 Å². The average Bonchev–Trinajstić information content (AvgIpc) is 2.81. The number of carbonyl (C=O) groups excluding carboxylic acids is 1. The van der Waals surface area contributed by atoms with Crippen molar-refractivity contribution in [3.8, 4) is 17.2 Å². The van der Waals surface area contributed by atoms with Crippen LogP contribution < -0.4 is 25.5 Å². The van der Waals surface area contributed by atoms with Crippen LogP contribution >= 0.6 is 0 Å². The van der Waals surface area contributed by atoms with Gasteiger partial charge in [-0.15, -0.1) is 0 Å². The zero-order valence-electron chi connectivity index (χ0n) is 18.3. The van der Waals surface area contributed by atoms with Crippen LogP contribution in [0.5, 0.6) is 17.2 Å². The summed E-state index contributed by atoms with van der Waals surface area (Å²) in [4.78, 5) is 39.5. The van der Waals surface area contributed by atoms with Crippen LogP contribution in [0.1, 0.15) is 18.4 Å². The summed E-state index contributed by atoms with van der Waals surface area (Å²) in [5.41, 5.74) is 0.489. The molecule has 32 heavy (non-hydrogen) atoms. The van der Waals surface area contributed by atoms with E-state index in [0.717, 1.165) is 10.1 Å². The molecule has 3 aromatic rings. The summed E-state index contributed by atoms with van der Waals surface area (Å²) < 4.78 is 22.3. The Morgan fingerprint density at radius 1 is 1.00 bits per heavy atom. The van der Waals surface area contributed by atoms with Crippen LogP contribution in [0.15, 0.2) is 46.0 Å². The second-order valence-electron chi connectivity index (χ2n) is 7.04. The first-order valence-corrected chi connectivity index (χ1v) is 10.1. The molecule has 9 heteroatoms. The molecule has 0 unspecified atom stereocenters. The van der Waals surface area contributed by atoms with E-state index in [4.69, 9.17) is 18.9 Å². The van der Waals surface area contributed by atoms with Gasteiger partial charge in [-0.3, -0.25) is 14.2 Å². The lowest BCUT2D eigenvalue weighted by molar-refractivity contribution is -0.143. The van der Waals surface area contributed by atoms with E-state index in [1.807, 2.05) is 0 Å². The standard InChI is InChI=1S/C23H26N2O7/c1-29-18-13-15(14-19(30-2)21(18)31-3)9-10-20(26)32-12-6-11-25-22(27)16-7-4-5-8-17(16)24-23(25)28/h4-5,7-8,13-14H,6,9-12H2,1-3H3,(H,24,28). The van der Waals surface area contributed by atoms with Crippen LogP contribution in [0.2, 0.25) is 0 Å². The number of aryl methyl sites for hydroxylation is 1. The fourth-order valence-corrected chi connectivity index (χ4v) is 3.41. The summed E-state index contributed by atoms with van der Waals surface area (Å²) in [6.45, 7) is 0.256. The Kier molecular flexibility index (Phi) is 7.54. The highest BCUT2D eigenvalue weighted by molar-refractivity contribution is 5.76. The molecule has 0 saturated heterocycles. The van der Waals surface area contributed by atoms with Gasteiger partial charge in [0, 0.05) is 13.0 Å². The van der Waals surface area contributed by atoms with Crippen LogP contribution in [0.25, 0.3) is 10.9 Å². The highest BCUT2D eigenvalue weighted by Gasteiger charge is 2.14. The Balaban J connectivity index is 1.53. The van der Waals surface area contributed by atoms with Crippen molar-refractivity contribution < 1.29 is 23.7 Å². The number of fused-ring (bicyclic) bond motifs is 1. The lowest BCUT2D eigenvalue weighted by Crippen LogP contribution is -2.35. The molecule has 0 fully saturated rings. The van der Waals surface area contributed by atoms with Gasteiger partial charge in [-0.05, 0) is 42.7 Å². The van der Waals surface area contributed by atoms with Crippen molar-refractivity contribution in [2.45, 2.75) is 25.8 Å². The Hall–Kier alpha value is -3.75. The molecule has 0 aliphatic carbocycles. The molecule has 9 nitrogen and oxygen atoms in total. The Bertz CT molecular complexity index is 1190. The Labute approximate surface area is 184 Å². The van der Waals surface area contributed by atoms with Gasteiger partial charge in [0.05, 0.1) is 38.8 Å². The highest BCUT2D eigenvalue weighted by atomic mass is 16.5. The van der Waals surface area contributed by atoms with Crippen molar-refractivity contribution in [1.29, 1.82) is 0 Å². The van der Waals surface area contributed by atoms with E-state index in [0.29, 0.717) is 41.0 Å². The van der Waals surface area contributed by atoms with Gasteiger partial charge in [-0.2, -0.15) is 0 Å². The lowest BCUT2D eigenvalue weighted by Gasteiger charge is -2.14. The van der Waals surface area contributed by atoms with Crippen LogP contribution in [0.4, 0.5) is 0 Å². The SMILES string of the molecule is COc1cc(CCC(=O)OCCCn2c(=O)[nH]c3ccccc3c2=O)cc(OC)c1OC. The number of methoxy groups -OCH3 is 3. The summed E-state index contributed by atoms with van der Waals surface area (Å²) in [6.07, 6.45) is 0.936. The number of nitrogens with zero attached hydrogens (tertiary/aromatic N) is 1. The number of hydrogen-bond acceptors (Lipinski definition) is 7. The predicted octanol–water partition coefficient (Wildman–Crippen LogP) is 2.28. The fraction of sp³-hybridized carbons (Fsp3) is 0.348. The maximum atomic E-state index is 12.5. The average molecular weight is 442 g/mol. The quantitative estimate of drug-likeness (QED) is 0.379. The molecular formula is C23H26N2O7. The largest absolute Gasteiger partial charge is 0.493 e. The minimum atomic E-state index is -0.484. The Morgan fingerprint density at radius 2 is 1.69 bits per heavy atom. The molecule has 1 heterocycles. The van der Waals surface area contributed by atoms with Crippen molar-refractivity contribution in [3.63, 3.8) is 0 Å². The van der Waals surface area contributed by atoms with Crippen LogP contribution in [0.3, 0.4) is 0 Å². The number of hydrogen-bond donors (Lipinski definition) is 1. The molecule has 170 valence electrons.